The van der Waals surface area contributed by atoms with Gasteiger partial charge in [0.2, 0.25) is 0 Å². The molecule has 2 nitrogen and oxygen atoms in total. The molecule has 0 aliphatic carbocycles. The fraction of sp³-hybridized carbons (Fsp3) is 0.114. The second-order valence-corrected chi connectivity index (χ2v) is 19.6. The number of hydrogen-bond donors (Lipinski definition) is 1. The fourth-order valence-electron chi connectivity index (χ4n) is 5.57. The molecule has 1 N–H and O–H groups in total. The van der Waals surface area contributed by atoms with Crippen molar-refractivity contribution in [2.45, 2.75) is 18.4 Å². The zero-order chi connectivity index (χ0) is 32.3. The first kappa shape index (κ1) is 32.5. The van der Waals surface area contributed by atoms with E-state index in [0.29, 0.717) is 17.7 Å². The van der Waals surface area contributed by atoms with E-state index in [2.05, 4.69) is 20.8 Å². The summed E-state index contributed by atoms with van der Waals surface area (Å²) in [4.78, 5) is 13.7. The molecule has 1 atom stereocenters. The Morgan fingerprint density at radius 2 is 0.956 bits per heavy atom. The van der Waals surface area contributed by atoms with Gasteiger partial charge in [-0.05, 0) is 0 Å². The third kappa shape index (κ3) is 6.56. The number of carbonyl (C=O) groups is 1. The minimum absolute atomic E-state index is 0.0106. The molecule has 0 saturated carbocycles. The Balaban J connectivity index is 1.72. The predicted octanol–water partition coefficient (Wildman–Crippen LogP) is 9.04. The van der Waals surface area contributed by atoms with Crippen LogP contribution in [0.5, 0.6) is 0 Å². The normalized spacial score (nSPS) is 13.8. The van der Waals surface area contributed by atoms with Crippen molar-refractivity contribution >= 4 is 42.6 Å². The van der Waals surface area contributed by atoms with Gasteiger partial charge in [-0.1, -0.05) is 0 Å². The zero-order valence-electron chi connectivity index (χ0n) is 23.6. The van der Waals surface area contributed by atoms with Crippen LogP contribution in [0.3, 0.4) is 0 Å². The molecule has 5 rings (SSSR count). The number of amides is 1. The van der Waals surface area contributed by atoms with E-state index in [1.807, 2.05) is 91.0 Å². The van der Waals surface area contributed by atoms with Crippen molar-refractivity contribution in [1.29, 1.82) is 0 Å². The van der Waals surface area contributed by atoms with Gasteiger partial charge >= 0.3 is 265 Å². The molecular formula is C35H27BrF6NOP. The number of hydrogen-bond acceptors (Lipinski definition) is 1. The molecular weight excluding hydrogens is 675 g/mol. The van der Waals surface area contributed by atoms with E-state index in [1.165, 1.54) is 0 Å². The van der Waals surface area contributed by atoms with Gasteiger partial charge in [-0.15, -0.1) is 0 Å². The summed E-state index contributed by atoms with van der Waals surface area (Å²) in [5.41, 5.74) is -3.23. The van der Waals surface area contributed by atoms with Crippen LogP contribution in [-0.2, 0) is 12.4 Å². The Bertz CT molecular complexity index is 1630. The van der Waals surface area contributed by atoms with Gasteiger partial charge in [-0.25, -0.2) is 0 Å². The summed E-state index contributed by atoms with van der Waals surface area (Å²) >= 11 is 4.32. The Hall–Kier alpha value is -3.94. The Labute approximate surface area is 264 Å². The molecule has 232 valence electrons. The second-order valence-electron chi connectivity index (χ2n) is 10.6. The van der Waals surface area contributed by atoms with E-state index in [0.717, 1.165) is 15.9 Å². The summed E-state index contributed by atoms with van der Waals surface area (Å²) < 4.78 is 82.0. The molecule has 5 aromatic carbocycles. The first-order chi connectivity index (χ1) is 21.3. The third-order valence-electron chi connectivity index (χ3n) is 7.77. The van der Waals surface area contributed by atoms with Gasteiger partial charge in [0.1, 0.15) is 0 Å². The van der Waals surface area contributed by atoms with Crippen LogP contribution < -0.4 is 21.2 Å². The first-order valence-corrected chi connectivity index (χ1v) is 18.3. The fourth-order valence-corrected chi connectivity index (χ4v) is 13.5. The zero-order valence-corrected chi connectivity index (χ0v) is 26.0. The maximum absolute atomic E-state index is 13.7. The van der Waals surface area contributed by atoms with Gasteiger partial charge in [-0.2, -0.15) is 0 Å². The molecule has 0 unspecified atom stereocenters. The van der Waals surface area contributed by atoms with E-state index in [4.69, 9.17) is 0 Å². The summed E-state index contributed by atoms with van der Waals surface area (Å²) in [5.74, 6) is -1.06. The molecule has 10 heteroatoms. The van der Waals surface area contributed by atoms with Gasteiger partial charge in [0, 0.05) is 0 Å². The van der Waals surface area contributed by atoms with Crippen LogP contribution in [0.15, 0.2) is 140 Å². The average Bonchev–Trinajstić information content (AvgIpc) is 3.05. The van der Waals surface area contributed by atoms with Gasteiger partial charge in [0.25, 0.3) is 0 Å². The molecule has 0 aliphatic rings. The molecule has 0 spiro atoms. The van der Waals surface area contributed by atoms with Gasteiger partial charge in [0.05, 0.1) is 0 Å². The van der Waals surface area contributed by atoms with Crippen LogP contribution in [0.25, 0.3) is 0 Å². The molecule has 45 heavy (non-hydrogen) atoms. The second kappa shape index (κ2) is 12.5. The van der Waals surface area contributed by atoms with Crippen LogP contribution >= 0.6 is 20.8 Å². The van der Waals surface area contributed by atoms with Gasteiger partial charge in [0.15, 0.2) is 0 Å². The molecule has 1 amide bonds. The van der Waals surface area contributed by atoms with Gasteiger partial charge in [-0.3, -0.25) is 0 Å². The average molecular weight is 702 g/mol. The predicted molar refractivity (Wildman–Crippen MR) is 172 cm³/mol. The van der Waals surface area contributed by atoms with Crippen LogP contribution in [-0.4, -0.2) is 12.1 Å². The van der Waals surface area contributed by atoms with E-state index in [9.17, 15) is 31.1 Å². The number of halogens is 7. The quantitative estimate of drug-likeness (QED) is 0.127. The molecule has 0 saturated heterocycles. The molecule has 0 fully saturated rings. The third-order valence-corrected chi connectivity index (χ3v) is 17.5. The Kier molecular flexibility index (Phi) is 8.98. The van der Waals surface area contributed by atoms with Crippen LogP contribution in [0.1, 0.15) is 33.1 Å². The molecule has 5 aromatic rings. The molecule has 0 heterocycles. The van der Waals surface area contributed by atoms with Crippen LogP contribution in [0.4, 0.5) is 26.3 Å². The maximum atomic E-state index is 13.7. The Morgan fingerprint density at radius 3 is 1.31 bits per heavy atom. The van der Waals surface area contributed by atoms with E-state index in [1.54, 1.807) is 30.3 Å². The number of carbonyl (C=O) groups excluding carboxylic acids is 1. The molecule has 0 bridgehead atoms. The Morgan fingerprint density at radius 1 is 0.600 bits per heavy atom. The molecule has 0 radical (unpaired) electrons. The van der Waals surface area contributed by atoms with Crippen LogP contribution in [0.2, 0.25) is 0 Å². The van der Waals surface area contributed by atoms with E-state index < -0.39 is 46.3 Å². The van der Waals surface area contributed by atoms with Crippen LogP contribution in [0, 0.1) is 0 Å². The molecule has 0 aromatic heterocycles. The number of nitrogens with one attached hydrogen (secondary N) is 1. The van der Waals surface area contributed by atoms with Crippen molar-refractivity contribution in [3.8, 4) is 0 Å². The number of rotatable bonds is 8. The van der Waals surface area contributed by atoms with Crippen molar-refractivity contribution in [3.63, 3.8) is 0 Å². The van der Waals surface area contributed by atoms with Crippen molar-refractivity contribution < 1.29 is 31.1 Å². The van der Waals surface area contributed by atoms with Crippen molar-refractivity contribution in [2.75, 3.05) is 6.16 Å². The topological polar surface area (TPSA) is 29.1 Å². The van der Waals surface area contributed by atoms with Crippen molar-refractivity contribution in [3.05, 3.63) is 162 Å². The summed E-state index contributed by atoms with van der Waals surface area (Å²) in [7, 11) is 0. The first-order valence-electron chi connectivity index (χ1n) is 13.9. The standard InChI is InChI=1S/C35H27BrF6NOP/c36-45(29-15-7-2-8-16-29,30-17-9-3-10-18-30,31-19-11-4-12-20-31)24-32(25-13-5-1-6-14-25)43-33(44)26-21-27(34(37,38)39)23-28(22-26)35(40,41)42/h1-23,32H,24H2,(H,43,44)/t32-/m1/s1. The number of alkyl halides is 6. The summed E-state index contributed by atoms with van der Waals surface area (Å²) in [6.45, 7) is 0. The summed E-state index contributed by atoms with van der Waals surface area (Å²) in [5, 5.41) is 1.89. The minimum atomic E-state index is -5.09. The van der Waals surface area contributed by atoms with Crippen molar-refractivity contribution in [2.24, 2.45) is 0 Å². The monoisotopic (exact) mass is 701 g/mol. The SMILES string of the molecule is O=C(N[C@H](CP(Br)(c1ccccc1)(c1ccccc1)c1ccccc1)c1ccccc1)c1cc(C(F)(F)F)cc(C(F)(F)F)c1. The van der Waals surface area contributed by atoms with Gasteiger partial charge < -0.3 is 0 Å². The summed E-state index contributed by atoms with van der Waals surface area (Å²) in [6, 6.07) is 37.9. The van der Waals surface area contributed by atoms with E-state index in [-0.39, 0.29) is 12.2 Å². The number of benzene rings is 5. The molecule has 0 aliphatic heterocycles. The van der Waals surface area contributed by atoms with Crippen molar-refractivity contribution in [1.82, 2.24) is 5.32 Å². The summed E-state index contributed by atoms with van der Waals surface area (Å²) in [6.07, 6.45) is -9.97. The van der Waals surface area contributed by atoms with E-state index >= 15 is 0 Å².